The van der Waals surface area contributed by atoms with E-state index in [9.17, 15) is 14.0 Å². The zero-order valence-electron chi connectivity index (χ0n) is 12.5. The molecule has 0 fully saturated rings. The zero-order chi connectivity index (χ0) is 16.1. The van der Waals surface area contributed by atoms with Crippen molar-refractivity contribution in [3.05, 3.63) is 52.6 Å². The number of carbonyl (C=O) groups excluding carboxylic acids is 1. The summed E-state index contributed by atoms with van der Waals surface area (Å²) in [6.07, 6.45) is 0.816. The van der Waals surface area contributed by atoms with Crippen LogP contribution in [0.15, 0.2) is 41.2 Å². The topological polar surface area (TPSA) is 64.0 Å². The third-order valence-corrected chi connectivity index (χ3v) is 3.26. The molecule has 5 nitrogen and oxygen atoms in total. The standard InChI is InChI=1S/C16H18FN3O2/c1-3-10-18-16(22)11(2)20-15(21)9-8-14(19-20)12-4-6-13(17)7-5-12/h4-9,11H,3,10H2,1-2H3,(H,18,22). The van der Waals surface area contributed by atoms with Gasteiger partial charge in [0.25, 0.3) is 5.56 Å². The van der Waals surface area contributed by atoms with Crippen LogP contribution < -0.4 is 10.9 Å². The molecule has 0 radical (unpaired) electrons. The molecular weight excluding hydrogens is 285 g/mol. The second-order valence-corrected chi connectivity index (χ2v) is 4.98. The molecule has 116 valence electrons. The van der Waals surface area contributed by atoms with Crippen LogP contribution in [0.5, 0.6) is 0 Å². The number of hydrogen-bond acceptors (Lipinski definition) is 3. The van der Waals surface area contributed by atoms with E-state index in [1.165, 1.54) is 18.2 Å². The quantitative estimate of drug-likeness (QED) is 0.920. The van der Waals surface area contributed by atoms with Crippen molar-refractivity contribution >= 4 is 5.91 Å². The van der Waals surface area contributed by atoms with Crippen molar-refractivity contribution in [2.45, 2.75) is 26.3 Å². The fourth-order valence-corrected chi connectivity index (χ4v) is 1.98. The Kier molecular flexibility index (Phi) is 5.04. The molecule has 1 aromatic heterocycles. The SMILES string of the molecule is CCCNC(=O)C(C)n1nc(-c2ccc(F)cc2)ccc1=O. The number of carbonyl (C=O) groups is 1. The predicted octanol–water partition coefficient (Wildman–Crippen LogP) is 2.14. The minimum absolute atomic E-state index is 0.257. The third kappa shape index (κ3) is 3.58. The lowest BCUT2D eigenvalue weighted by Gasteiger charge is -2.14. The van der Waals surface area contributed by atoms with Gasteiger partial charge in [0.1, 0.15) is 11.9 Å². The highest BCUT2D eigenvalue weighted by Crippen LogP contribution is 2.16. The molecule has 2 rings (SSSR count). The van der Waals surface area contributed by atoms with Gasteiger partial charge in [0, 0.05) is 18.2 Å². The molecule has 0 spiro atoms. The van der Waals surface area contributed by atoms with E-state index in [-0.39, 0.29) is 17.3 Å². The van der Waals surface area contributed by atoms with Crippen LogP contribution in [-0.4, -0.2) is 22.2 Å². The average Bonchev–Trinajstić information content (AvgIpc) is 2.53. The Hall–Kier alpha value is -2.50. The summed E-state index contributed by atoms with van der Waals surface area (Å²) >= 11 is 0. The van der Waals surface area contributed by atoms with Gasteiger partial charge in [0.15, 0.2) is 0 Å². The number of nitrogens with zero attached hydrogens (tertiary/aromatic N) is 2. The fraction of sp³-hybridized carbons (Fsp3) is 0.312. The van der Waals surface area contributed by atoms with Crippen molar-refractivity contribution in [3.63, 3.8) is 0 Å². The highest BCUT2D eigenvalue weighted by Gasteiger charge is 2.17. The molecule has 0 aliphatic carbocycles. The second kappa shape index (κ2) is 6.98. The minimum atomic E-state index is -0.709. The molecule has 0 saturated heterocycles. The Morgan fingerprint density at radius 1 is 1.27 bits per heavy atom. The lowest BCUT2D eigenvalue weighted by molar-refractivity contribution is -0.124. The predicted molar refractivity (Wildman–Crippen MR) is 81.9 cm³/mol. The smallest absolute Gasteiger partial charge is 0.267 e. The molecule has 22 heavy (non-hydrogen) atoms. The van der Waals surface area contributed by atoms with Gasteiger partial charge in [0.2, 0.25) is 5.91 Å². The van der Waals surface area contributed by atoms with Crippen molar-refractivity contribution in [2.75, 3.05) is 6.54 Å². The lowest BCUT2D eigenvalue weighted by Crippen LogP contribution is -2.37. The maximum atomic E-state index is 13.0. The molecule has 1 amide bonds. The molecule has 1 atom stereocenters. The van der Waals surface area contributed by atoms with Crippen molar-refractivity contribution < 1.29 is 9.18 Å². The van der Waals surface area contributed by atoms with Crippen LogP contribution in [-0.2, 0) is 4.79 Å². The van der Waals surface area contributed by atoms with Crippen molar-refractivity contribution in [2.24, 2.45) is 0 Å². The van der Waals surface area contributed by atoms with Crippen molar-refractivity contribution in [1.82, 2.24) is 15.1 Å². The van der Waals surface area contributed by atoms with Gasteiger partial charge in [-0.05, 0) is 43.7 Å². The lowest BCUT2D eigenvalue weighted by atomic mass is 10.1. The molecule has 2 aromatic rings. The highest BCUT2D eigenvalue weighted by atomic mass is 19.1. The van der Waals surface area contributed by atoms with E-state index in [1.54, 1.807) is 25.1 Å². The first-order chi connectivity index (χ1) is 10.5. The summed E-state index contributed by atoms with van der Waals surface area (Å²) in [7, 11) is 0. The van der Waals surface area contributed by atoms with Gasteiger partial charge in [-0.1, -0.05) is 6.92 Å². The van der Waals surface area contributed by atoms with Crippen LogP contribution >= 0.6 is 0 Å². The first-order valence-electron chi connectivity index (χ1n) is 7.16. The van der Waals surface area contributed by atoms with E-state index in [4.69, 9.17) is 0 Å². The molecule has 0 saturated carbocycles. The van der Waals surface area contributed by atoms with Crippen LogP contribution in [0, 0.1) is 5.82 Å². The molecular formula is C16H18FN3O2. The van der Waals surface area contributed by atoms with Crippen LogP contribution in [0.3, 0.4) is 0 Å². The van der Waals surface area contributed by atoms with Crippen LogP contribution in [0.25, 0.3) is 11.3 Å². The Morgan fingerprint density at radius 2 is 1.95 bits per heavy atom. The molecule has 1 heterocycles. The molecule has 0 aliphatic heterocycles. The summed E-state index contributed by atoms with van der Waals surface area (Å²) in [6.45, 7) is 4.12. The number of aromatic nitrogens is 2. The van der Waals surface area contributed by atoms with Gasteiger partial charge in [-0.25, -0.2) is 9.07 Å². The van der Waals surface area contributed by atoms with E-state index < -0.39 is 6.04 Å². The first kappa shape index (κ1) is 15.9. The maximum Gasteiger partial charge on any atom is 0.267 e. The Labute approximate surface area is 127 Å². The van der Waals surface area contributed by atoms with Gasteiger partial charge in [-0.3, -0.25) is 9.59 Å². The fourth-order valence-electron chi connectivity index (χ4n) is 1.98. The maximum absolute atomic E-state index is 13.0. The van der Waals surface area contributed by atoms with Crippen LogP contribution in [0.4, 0.5) is 4.39 Å². The van der Waals surface area contributed by atoms with E-state index in [0.717, 1.165) is 11.1 Å². The monoisotopic (exact) mass is 303 g/mol. The third-order valence-electron chi connectivity index (χ3n) is 3.26. The number of nitrogens with one attached hydrogen (secondary N) is 1. The first-order valence-corrected chi connectivity index (χ1v) is 7.16. The number of halogens is 1. The zero-order valence-corrected chi connectivity index (χ0v) is 12.5. The van der Waals surface area contributed by atoms with E-state index >= 15 is 0 Å². The highest BCUT2D eigenvalue weighted by molar-refractivity contribution is 5.79. The molecule has 6 heteroatoms. The Balaban J connectivity index is 2.32. The summed E-state index contributed by atoms with van der Waals surface area (Å²) in [5.74, 6) is -0.600. The second-order valence-electron chi connectivity index (χ2n) is 4.98. The summed E-state index contributed by atoms with van der Waals surface area (Å²) in [5, 5.41) is 6.96. The van der Waals surface area contributed by atoms with Gasteiger partial charge >= 0.3 is 0 Å². The summed E-state index contributed by atoms with van der Waals surface area (Å²) in [6, 6.07) is 8.01. The molecule has 0 bridgehead atoms. The molecule has 1 unspecified atom stereocenters. The molecule has 1 aromatic carbocycles. The Morgan fingerprint density at radius 3 is 2.59 bits per heavy atom. The number of rotatable bonds is 5. The van der Waals surface area contributed by atoms with E-state index in [1.807, 2.05) is 6.92 Å². The Bertz CT molecular complexity index is 710. The van der Waals surface area contributed by atoms with Crippen LogP contribution in [0.1, 0.15) is 26.3 Å². The number of benzene rings is 1. The van der Waals surface area contributed by atoms with Gasteiger partial charge in [0.05, 0.1) is 5.69 Å². The average molecular weight is 303 g/mol. The summed E-state index contributed by atoms with van der Waals surface area (Å²) in [4.78, 5) is 23.9. The van der Waals surface area contributed by atoms with E-state index in [0.29, 0.717) is 17.8 Å². The van der Waals surface area contributed by atoms with E-state index in [2.05, 4.69) is 10.4 Å². The number of amides is 1. The normalized spacial score (nSPS) is 12.0. The molecule has 0 aliphatic rings. The summed E-state index contributed by atoms with van der Waals surface area (Å²) < 4.78 is 14.1. The minimum Gasteiger partial charge on any atom is -0.354 e. The van der Waals surface area contributed by atoms with Crippen molar-refractivity contribution in [1.29, 1.82) is 0 Å². The van der Waals surface area contributed by atoms with Gasteiger partial charge < -0.3 is 5.32 Å². The largest absolute Gasteiger partial charge is 0.354 e. The molecule has 1 N–H and O–H groups in total. The van der Waals surface area contributed by atoms with Gasteiger partial charge in [-0.15, -0.1) is 0 Å². The number of hydrogen-bond donors (Lipinski definition) is 1. The summed E-state index contributed by atoms with van der Waals surface area (Å²) in [5.41, 5.74) is 0.830. The van der Waals surface area contributed by atoms with Crippen molar-refractivity contribution in [3.8, 4) is 11.3 Å². The van der Waals surface area contributed by atoms with Crippen LogP contribution in [0.2, 0.25) is 0 Å². The van der Waals surface area contributed by atoms with Gasteiger partial charge in [-0.2, -0.15) is 5.10 Å².